The molecule has 0 N–H and O–H groups in total. The van der Waals surface area contributed by atoms with E-state index in [0.717, 1.165) is 0 Å². The van der Waals surface area contributed by atoms with Crippen molar-refractivity contribution in [2.75, 3.05) is 0 Å². The van der Waals surface area contributed by atoms with E-state index in [1.165, 1.54) is 0 Å². The van der Waals surface area contributed by atoms with Gasteiger partial charge in [0.05, 0.1) is 0 Å². The lowest BCUT2D eigenvalue weighted by Crippen LogP contribution is 0.144. The molecule has 0 heterocycles. The molecule has 0 amide bonds. The lowest BCUT2D eigenvalue weighted by molar-refractivity contribution is 1.11. The second-order valence-corrected chi connectivity index (χ2v) is 0. The Labute approximate surface area is 49.9 Å². The highest BCUT2D eigenvalue weighted by Crippen LogP contribution is 0.692. The van der Waals surface area contributed by atoms with Crippen LogP contribution in [0.1, 0.15) is 7.43 Å². The molecule has 0 aromatic heterocycles. The highest BCUT2D eigenvalue weighted by molar-refractivity contribution is 5.86. The molecule has 5 heavy (non-hydrogen) atoms. The highest BCUT2D eigenvalue weighted by Gasteiger charge is -0.0775. The predicted octanol–water partition coefficient (Wildman–Crippen LogP) is 2.05. The van der Waals surface area contributed by atoms with Crippen molar-refractivity contribution in [3.8, 4) is 0 Å². The maximum Gasteiger partial charge on any atom is -0.0776 e. The molecule has 0 nitrogen and oxygen atoms in total. The van der Waals surface area contributed by atoms with Gasteiger partial charge in [-0.25, -0.2) is 0 Å². The van der Waals surface area contributed by atoms with Crippen LogP contribution in [0.15, 0.2) is 0 Å². The van der Waals surface area contributed by atoms with Crippen molar-refractivity contribution in [1.82, 2.24) is 0 Å². The van der Waals surface area contributed by atoms with Crippen LogP contribution in [-0.4, -0.2) is 0 Å². The fourth-order valence-electron chi connectivity index (χ4n) is 0. The highest BCUT2D eigenvalue weighted by atomic mass is 35.5. The Morgan fingerprint density at radius 2 is 0.600 bits per heavy atom. The summed E-state index contributed by atoms with van der Waals surface area (Å²) in [6.07, 6.45) is 0. The molecule has 0 unspecified atom stereocenters. The first kappa shape index (κ1) is 209. The van der Waals surface area contributed by atoms with Gasteiger partial charge >= 0.3 is 0 Å². The molecule has 0 aromatic rings. The van der Waals surface area contributed by atoms with Gasteiger partial charge in [0.25, 0.3) is 0 Å². The molecule has 0 aliphatic rings. The van der Waals surface area contributed by atoms with Crippen LogP contribution in [0.4, 0.5) is 4.70 Å². The second-order valence-electron chi connectivity index (χ2n) is 0. The van der Waals surface area contributed by atoms with Crippen LogP contribution in [0.25, 0.3) is 0 Å². The first-order valence-corrected chi connectivity index (χ1v) is 0. The van der Waals surface area contributed by atoms with Crippen molar-refractivity contribution in [2.24, 2.45) is 0 Å². The number of hydrogen-bond donors (Lipinski definition) is 0. The van der Waals surface area contributed by atoms with E-state index in [0.29, 0.717) is 0 Å². The molecule has 0 saturated heterocycles. The molecule has 0 saturated carbocycles. The Kier molecular flexibility index (Phi) is 4520. The lowest BCUT2D eigenvalue weighted by Gasteiger charge is -0.269. The molecule has 4 heteroatoms. The van der Waals surface area contributed by atoms with E-state index in [-0.39, 0.29) is 49.4 Å². The maximum atomic E-state index is 0. The summed E-state index contributed by atoms with van der Waals surface area (Å²) in [6, 6.07) is 0. The molecule has 0 aromatic carbocycles. The van der Waals surface area contributed by atoms with Gasteiger partial charge in [0.15, 0.2) is 0 Å². The standard InChI is InChI=1S/CH4.3ClH.FH/h1H4;4*1H. The van der Waals surface area contributed by atoms with Crippen LogP contribution in [0.5, 0.6) is 0 Å². The van der Waals surface area contributed by atoms with Crippen LogP contribution in [0.2, 0.25) is 0 Å². The first-order valence-electron chi connectivity index (χ1n) is 0. The fraction of sp³-hybridized carbons (Fsp3) is 1.00. The van der Waals surface area contributed by atoms with Crippen LogP contribution >= 0.6 is 37.2 Å². The third kappa shape index (κ3) is 58.8. The van der Waals surface area contributed by atoms with Gasteiger partial charge in [0, 0.05) is 0 Å². The zero-order chi connectivity index (χ0) is 0. The summed E-state index contributed by atoms with van der Waals surface area (Å²) in [5, 5.41) is 0. The van der Waals surface area contributed by atoms with E-state index < -0.39 is 0 Å². The molecule has 0 fully saturated rings. The smallest absolute Gasteiger partial charge is 0.0776 e. The van der Waals surface area contributed by atoms with Gasteiger partial charge in [-0.2, -0.15) is 0 Å². The third-order valence-electron chi connectivity index (χ3n) is 0. The Bertz CT molecular complexity index is 6.85. The summed E-state index contributed by atoms with van der Waals surface area (Å²) in [7, 11) is 0. The van der Waals surface area contributed by atoms with Crippen molar-refractivity contribution >= 4 is 37.2 Å². The summed E-state index contributed by atoms with van der Waals surface area (Å²) in [5.74, 6) is 0. The Balaban J connectivity index is 0. The van der Waals surface area contributed by atoms with E-state index >= 15 is 0 Å². The molecule has 40 valence electrons. The maximum absolute atomic E-state index is 0. The zero-order valence-electron chi connectivity index (χ0n) is 1.63. The largest absolute Gasteiger partial charge is 0.269 e. The van der Waals surface area contributed by atoms with Gasteiger partial charge < -0.3 is 0 Å². The summed E-state index contributed by atoms with van der Waals surface area (Å²) in [4.78, 5) is 0. The minimum absolute atomic E-state index is 0. The lowest BCUT2D eigenvalue weighted by atomic mass is 12.0. The van der Waals surface area contributed by atoms with E-state index in [2.05, 4.69) is 0 Å². The number of hydrogen-bond acceptors (Lipinski definition) is 0. The Morgan fingerprint density at radius 1 is 0.600 bits per heavy atom. The zero-order valence-corrected chi connectivity index (χ0v) is 4.08. The Morgan fingerprint density at radius 3 is 0.600 bits per heavy atom. The van der Waals surface area contributed by atoms with E-state index in [1.807, 2.05) is 0 Å². The average Bonchev–Trinajstić information content (AvgIpc) is 0. The van der Waals surface area contributed by atoms with Crippen molar-refractivity contribution in [1.29, 1.82) is 0 Å². The van der Waals surface area contributed by atoms with Gasteiger partial charge in [-0.3, -0.25) is 4.70 Å². The molecule has 0 rings (SSSR count). The third-order valence-corrected chi connectivity index (χ3v) is 0. The molecule has 0 atom stereocenters. The van der Waals surface area contributed by atoms with Crippen molar-refractivity contribution in [3.05, 3.63) is 0 Å². The molecule has 0 spiro atoms. The second kappa shape index (κ2) is 108. The summed E-state index contributed by atoms with van der Waals surface area (Å²) in [6.45, 7) is 0. The molecule has 0 aliphatic heterocycles. The van der Waals surface area contributed by atoms with Crippen LogP contribution in [0.3, 0.4) is 0 Å². The Hall–Kier alpha value is 0.800. The predicted molar refractivity (Wildman–Crippen MR) is 31.0 cm³/mol. The van der Waals surface area contributed by atoms with Crippen LogP contribution in [0, 0.1) is 0 Å². The molecule has 0 aliphatic carbocycles. The van der Waals surface area contributed by atoms with Gasteiger partial charge in [-0.1, -0.05) is 7.43 Å². The fourth-order valence-corrected chi connectivity index (χ4v) is 0. The summed E-state index contributed by atoms with van der Waals surface area (Å²) < 4.78 is 0. The van der Waals surface area contributed by atoms with Crippen molar-refractivity contribution in [3.63, 3.8) is 0 Å². The van der Waals surface area contributed by atoms with E-state index in [9.17, 15) is 0 Å². The minimum Gasteiger partial charge on any atom is -0.269 e. The van der Waals surface area contributed by atoms with Crippen LogP contribution in [-0.2, 0) is 0 Å². The van der Waals surface area contributed by atoms with Crippen LogP contribution < -0.4 is 0 Å². The van der Waals surface area contributed by atoms with Gasteiger partial charge in [-0.15, -0.1) is 37.2 Å². The van der Waals surface area contributed by atoms with Crippen molar-refractivity contribution < 1.29 is 4.70 Å². The summed E-state index contributed by atoms with van der Waals surface area (Å²) in [5.41, 5.74) is 0. The van der Waals surface area contributed by atoms with Gasteiger partial charge in [-0.05, 0) is 0 Å². The minimum atomic E-state index is 0. The SMILES string of the molecule is C.Cl.Cl.Cl.F. The number of halogens is 4. The van der Waals surface area contributed by atoms with Crippen molar-refractivity contribution in [2.45, 2.75) is 7.43 Å². The monoisotopic (exact) mass is 144 g/mol. The van der Waals surface area contributed by atoms with E-state index in [4.69, 9.17) is 0 Å². The van der Waals surface area contributed by atoms with E-state index in [1.54, 1.807) is 0 Å². The molecule has 0 bridgehead atoms. The first-order chi connectivity index (χ1) is 0. The normalized spacial score (nSPS) is 0. The molecular formula is CH8Cl3F. The number of rotatable bonds is 0. The topological polar surface area (TPSA) is 0 Å². The molecular weight excluding hydrogens is 137 g/mol. The average molecular weight is 145 g/mol. The summed E-state index contributed by atoms with van der Waals surface area (Å²) >= 11 is 0. The van der Waals surface area contributed by atoms with Gasteiger partial charge in [0.2, 0.25) is 0 Å². The van der Waals surface area contributed by atoms with Gasteiger partial charge in [0.1, 0.15) is 0 Å². The molecule has 0 radical (unpaired) electrons. The quantitative estimate of drug-likeness (QED) is 0.489.